The van der Waals surface area contributed by atoms with E-state index < -0.39 is 12.2 Å². The number of imidazole rings is 1. The number of fused-ring (bicyclic) bond motifs is 1. The Kier molecular flexibility index (Phi) is 4.84. The van der Waals surface area contributed by atoms with E-state index in [1.165, 1.54) is 11.8 Å². The van der Waals surface area contributed by atoms with Crippen molar-refractivity contribution in [3.63, 3.8) is 0 Å². The molecule has 0 saturated carbocycles. The lowest BCUT2D eigenvalue weighted by Gasteiger charge is -2.17. The molecule has 0 radical (unpaired) electrons. The van der Waals surface area contributed by atoms with E-state index in [4.69, 9.17) is 5.73 Å². The summed E-state index contributed by atoms with van der Waals surface area (Å²) in [6.07, 6.45) is 7.13. The number of allylic oxidation sites excluding steroid dienone is 1. The van der Waals surface area contributed by atoms with Crippen molar-refractivity contribution in [3.05, 3.63) is 18.2 Å². The molecule has 23 heavy (non-hydrogen) atoms. The van der Waals surface area contributed by atoms with Gasteiger partial charge in [0.05, 0.1) is 12.4 Å². The summed E-state index contributed by atoms with van der Waals surface area (Å²) in [5.41, 5.74) is 7.08. The highest BCUT2D eigenvalue weighted by Gasteiger charge is 2.36. The maximum Gasteiger partial charge on any atom is 0.167 e. The number of thioether (sulfide) groups is 1. The van der Waals surface area contributed by atoms with Crippen molar-refractivity contribution < 1.29 is 10.2 Å². The molecule has 3 heterocycles. The zero-order valence-corrected chi connectivity index (χ0v) is 13.8. The number of nitrogens with zero attached hydrogens (tertiary/aromatic N) is 4. The van der Waals surface area contributed by atoms with Gasteiger partial charge < -0.3 is 15.9 Å². The van der Waals surface area contributed by atoms with Crippen LogP contribution in [-0.4, -0.2) is 47.7 Å². The van der Waals surface area contributed by atoms with Crippen molar-refractivity contribution in [2.24, 2.45) is 0 Å². The second-order valence-corrected chi connectivity index (χ2v) is 6.77. The molecule has 0 aromatic carbocycles. The Balaban J connectivity index is 1.94. The molecule has 1 aliphatic rings. The minimum absolute atomic E-state index is 0.318. The van der Waals surface area contributed by atoms with Gasteiger partial charge in [-0.15, -0.1) is 11.8 Å². The van der Waals surface area contributed by atoms with Crippen molar-refractivity contribution in [3.8, 4) is 0 Å². The summed E-state index contributed by atoms with van der Waals surface area (Å²) in [7, 11) is 0. The third-order valence-electron chi connectivity index (χ3n) is 3.86. The first-order chi connectivity index (χ1) is 11.1. The van der Waals surface area contributed by atoms with Gasteiger partial charge in [0.2, 0.25) is 0 Å². The summed E-state index contributed by atoms with van der Waals surface area (Å²) in [5, 5.41) is 19.5. The highest BCUT2D eigenvalue weighted by molar-refractivity contribution is 7.99. The van der Waals surface area contributed by atoms with E-state index in [0.29, 0.717) is 28.6 Å². The molecule has 1 aliphatic heterocycles. The van der Waals surface area contributed by atoms with Gasteiger partial charge in [-0.2, -0.15) is 0 Å². The van der Waals surface area contributed by atoms with Gasteiger partial charge in [0.25, 0.3) is 0 Å². The van der Waals surface area contributed by atoms with Crippen LogP contribution in [-0.2, 0) is 0 Å². The molecule has 2 aromatic heterocycles. The number of aliphatic hydroxyl groups excluding tert-OH is 2. The summed E-state index contributed by atoms with van der Waals surface area (Å²) in [4.78, 5) is 13.0. The summed E-state index contributed by atoms with van der Waals surface area (Å²) >= 11 is 1.47. The van der Waals surface area contributed by atoms with Crippen LogP contribution in [0.25, 0.3) is 17.2 Å². The van der Waals surface area contributed by atoms with Gasteiger partial charge in [0, 0.05) is 5.75 Å². The van der Waals surface area contributed by atoms with E-state index in [1.807, 2.05) is 12.2 Å². The zero-order chi connectivity index (χ0) is 16.4. The topological polar surface area (TPSA) is 110 Å². The zero-order valence-electron chi connectivity index (χ0n) is 13.0. The predicted octanol–water partition coefficient (Wildman–Crippen LogP) is 1.58. The van der Waals surface area contributed by atoms with E-state index in [2.05, 4.69) is 21.9 Å². The van der Waals surface area contributed by atoms with Crippen molar-refractivity contribution in [1.82, 2.24) is 19.5 Å². The van der Waals surface area contributed by atoms with Crippen molar-refractivity contribution >= 4 is 34.8 Å². The number of aliphatic hydroxyl groups is 2. The standard InChI is InChI=1S/C15H21N5O2S/c1-2-3-4-5-6-10-18-13(16)11-14(19-10)20(8-17-11)15-12(22)9(21)7-23-15/h5-6,8-9,12,15,21-22H,2-4,7H2,1H3,(H2,16,18,19)/b6-5+/t9-,12-,15+/m0/s1. The van der Waals surface area contributed by atoms with Crippen LogP contribution in [0.3, 0.4) is 0 Å². The van der Waals surface area contributed by atoms with E-state index in [1.54, 1.807) is 10.9 Å². The van der Waals surface area contributed by atoms with Crippen LogP contribution in [0, 0.1) is 0 Å². The largest absolute Gasteiger partial charge is 0.389 e. The first-order valence-electron chi connectivity index (χ1n) is 7.76. The average Bonchev–Trinajstić information content (AvgIpc) is 3.09. The molecule has 4 N–H and O–H groups in total. The van der Waals surface area contributed by atoms with Crippen molar-refractivity contribution in [2.45, 2.75) is 43.8 Å². The number of nitrogen functional groups attached to an aromatic ring is 1. The van der Waals surface area contributed by atoms with E-state index in [9.17, 15) is 10.2 Å². The smallest absolute Gasteiger partial charge is 0.167 e. The summed E-state index contributed by atoms with van der Waals surface area (Å²) in [6, 6.07) is 0. The lowest BCUT2D eigenvalue weighted by molar-refractivity contribution is 0.0313. The predicted molar refractivity (Wildman–Crippen MR) is 91.8 cm³/mol. The first kappa shape index (κ1) is 16.2. The number of rotatable bonds is 5. The second kappa shape index (κ2) is 6.86. The van der Waals surface area contributed by atoms with Gasteiger partial charge in [-0.3, -0.25) is 4.57 Å². The van der Waals surface area contributed by atoms with Crippen LogP contribution in [0.5, 0.6) is 0 Å². The molecule has 124 valence electrons. The van der Waals surface area contributed by atoms with E-state index >= 15 is 0 Å². The molecule has 3 atom stereocenters. The third-order valence-corrected chi connectivity index (χ3v) is 5.24. The van der Waals surface area contributed by atoms with Gasteiger partial charge in [0.15, 0.2) is 17.3 Å². The summed E-state index contributed by atoms with van der Waals surface area (Å²) in [6.45, 7) is 2.14. The van der Waals surface area contributed by atoms with Gasteiger partial charge in [-0.05, 0) is 12.5 Å². The lowest BCUT2D eigenvalue weighted by Crippen LogP contribution is -2.27. The molecule has 1 fully saturated rings. The molecule has 0 aliphatic carbocycles. The van der Waals surface area contributed by atoms with Crippen LogP contribution in [0.15, 0.2) is 12.4 Å². The molecule has 7 nitrogen and oxygen atoms in total. The Hall–Kier alpha value is -1.64. The number of nitrogens with two attached hydrogens (primary N) is 1. The fourth-order valence-electron chi connectivity index (χ4n) is 2.56. The lowest BCUT2D eigenvalue weighted by atomic mass is 10.2. The van der Waals surface area contributed by atoms with Crippen LogP contribution in [0.2, 0.25) is 0 Å². The molecule has 0 unspecified atom stereocenters. The van der Waals surface area contributed by atoms with Crippen LogP contribution >= 0.6 is 11.8 Å². The molecular weight excluding hydrogens is 314 g/mol. The van der Waals surface area contributed by atoms with E-state index in [0.717, 1.165) is 19.3 Å². The highest BCUT2D eigenvalue weighted by Crippen LogP contribution is 2.38. The Morgan fingerprint density at radius 1 is 1.43 bits per heavy atom. The average molecular weight is 335 g/mol. The second-order valence-electron chi connectivity index (χ2n) is 5.62. The Morgan fingerprint density at radius 3 is 2.96 bits per heavy atom. The van der Waals surface area contributed by atoms with Crippen LogP contribution in [0.1, 0.15) is 37.4 Å². The fraction of sp³-hybridized carbons (Fsp3) is 0.533. The molecule has 0 bridgehead atoms. The summed E-state index contributed by atoms with van der Waals surface area (Å²) < 4.78 is 1.77. The van der Waals surface area contributed by atoms with Gasteiger partial charge in [-0.25, -0.2) is 15.0 Å². The van der Waals surface area contributed by atoms with E-state index in [-0.39, 0.29) is 5.37 Å². The quantitative estimate of drug-likeness (QED) is 0.711. The Bertz CT molecular complexity index is 717. The SMILES string of the molecule is CCCC/C=C/c1nc(N)c2ncn([C@@H]3SC[C@H](O)[C@@H]3O)c2n1. The minimum Gasteiger partial charge on any atom is -0.389 e. The van der Waals surface area contributed by atoms with Crippen molar-refractivity contribution in [2.75, 3.05) is 11.5 Å². The third kappa shape index (κ3) is 3.19. The molecular formula is C15H21N5O2S. The fourth-order valence-corrected chi connectivity index (χ4v) is 3.84. The number of hydrogen-bond acceptors (Lipinski definition) is 7. The molecule has 2 aromatic rings. The molecule has 1 saturated heterocycles. The van der Waals surface area contributed by atoms with Crippen LogP contribution < -0.4 is 5.73 Å². The molecule has 8 heteroatoms. The number of hydrogen-bond donors (Lipinski definition) is 3. The molecule has 0 spiro atoms. The maximum atomic E-state index is 10.1. The van der Waals surface area contributed by atoms with Crippen molar-refractivity contribution in [1.29, 1.82) is 0 Å². The highest BCUT2D eigenvalue weighted by atomic mass is 32.2. The molecule has 0 amide bonds. The van der Waals surface area contributed by atoms with Gasteiger partial charge in [-0.1, -0.05) is 25.8 Å². The monoisotopic (exact) mass is 335 g/mol. The number of aromatic nitrogens is 4. The number of unbranched alkanes of at least 4 members (excludes halogenated alkanes) is 2. The normalized spacial score (nSPS) is 24.9. The van der Waals surface area contributed by atoms with Gasteiger partial charge >= 0.3 is 0 Å². The Morgan fingerprint density at radius 2 is 2.26 bits per heavy atom. The molecule has 3 rings (SSSR count). The van der Waals surface area contributed by atoms with Gasteiger partial charge in [0.1, 0.15) is 17.0 Å². The first-order valence-corrected chi connectivity index (χ1v) is 8.81. The van der Waals surface area contributed by atoms with Crippen LogP contribution in [0.4, 0.5) is 5.82 Å². The number of anilines is 1. The Labute approximate surface area is 138 Å². The summed E-state index contributed by atoms with van der Waals surface area (Å²) in [5.74, 6) is 1.34. The minimum atomic E-state index is -0.850. The maximum absolute atomic E-state index is 10.1.